The van der Waals surface area contributed by atoms with Crippen molar-refractivity contribution in [3.05, 3.63) is 29.2 Å². The summed E-state index contributed by atoms with van der Waals surface area (Å²) in [5.74, 6) is 1.32. The van der Waals surface area contributed by atoms with Crippen LogP contribution in [0.3, 0.4) is 0 Å². The molecule has 1 atom stereocenters. The molecule has 140 valence electrons. The lowest BCUT2D eigenvalue weighted by Crippen LogP contribution is -2.40. The Balaban J connectivity index is 1.56. The molecule has 1 saturated heterocycles. The van der Waals surface area contributed by atoms with Crippen LogP contribution in [0.1, 0.15) is 38.4 Å². The van der Waals surface area contributed by atoms with Crippen molar-refractivity contribution in [3.8, 4) is 0 Å². The number of hydrogen-bond acceptors (Lipinski definition) is 6. The smallest absolute Gasteiger partial charge is 0.229 e. The van der Waals surface area contributed by atoms with Crippen LogP contribution in [0.25, 0.3) is 0 Å². The van der Waals surface area contributed by atoms with E-state index in [-0.39, 0.29) is 11.8 Å². The number of tetrazole rings is 1. The highest BCUT2D eigenvalue weighted by Gasteiger charge is 2.27. The van der Waals surface area contributed by atoms with Crippen LogP contribution in [0.5, 0.6) is 0 Å². The van der Waals surface area contributed by atoms with E-state index in [9.17, 15) is 4.79 Å². The summed E-state index contributed by atoms with van der Waals surface area (Å²) in [5, 5.41) is 15.4. The van der Waals surface area contributed by atoms with Gasteiger partial charge in [-0.15, -0.1) is 5.10 Å². The van der Waals surface area contributed by atoms with E-state index in [1.165, 1.54) is 6.20 Å². The summed E-state index contributed by atoms with van der Waals surface area (Å²) in [6.07, 6.45) is 5.53. The third kappa shape index (κ3) is 4.98. The van der Waals surface area contributed by atoms with E-state index in [1.54, 1.807) is 12.1 Å². The van der Waals surface area contributed by atoms with Crippen molar-refractivity contribution in [2.75, 3.05) is 18.4 Å². The number of amides is 1. The lowest BCUT2D eigenvalue weighted by molar-refractivity contribution is -0.121. The number of aryl methyl sites for hydroxylation is 1. The first kappa shape index (κ1) is 18.7. The van der Waals surface area contributed by atoms with Crippen molar-refractivity contribution in [2.45, 2.75) is 45.7 Å². The van der Waals surface area contributed by atoms with E-state index in [0.717, 1.165) is 44.6 Å². The highest BCUT2D eigenvalue weighted by Crippen LogP contribution is 2.20. The quantitative estimate of drug-likeness (QED) is 0.796. The maximum absolute atomic E-state index is 12.6. The number of halogens is 1. The molecule has 3 heterocycles. The molecule has 1 N–H and O–H groups in total. The number of pyridine rings is 1. The molecule has 0 radical (unpaired) electrons. The van der Waals surface area contributed by atoms with Gasteiger partial charge in [0.05, 0.1) is 17.5 Å². The predicted octanol–water partition coefficient (Wildman–Crippen LogP) is 2.37. The Labute approximate surface area is 157 Å². The summed E-state index contributed by atoms with van der Waals surface area (Å²) in [4.78, 5) is 18.9. The van der Waals surface area contributed by atoms with Gasteiger partial charge in [0.1, 0.15) is 5.82 Å². The molecule has 1 fully saturated rings. The first-order valence-electron chi connectivity index (χ1n) is 9.05. The zero-order valence-electron chi connectivity index (χ0n) is 14.9. The second kappa shape index (κ2) is 9.05. The lowest BCUT2D eigenvalue weighted by Gasteiger charge is -2.31. The van der Waals surface area contributed by atoms with Crippen molar-refractivity contribution in [1.82, 2.24) is 30.1 Å². The second-order valence-corrected chi connectivity index (χ2v) is 7.03. The highest BCUT2D eigenvalue weighted by atomic mass is 35.5. The normalized spacial score (nSPS) is 18.0. The molecule has 8 nitrogen and oxygen atoms in total. The van der Waals surface area contributed by atoms with Gasteiger partial charge in [0.2, 0.25) is 5.91 Å². The minimum Gasteiger partial charge on any atom is -0.310 e. The molecule has 26 heavy (non-hydrogen) atoms. The van der Waals surface area contributed by atoms with Gasteiger partial charge in [0.25, 0.3) is 0 Å². The maximum atomic E-state index is 12.6. The van der Waals surface area contributed by atoms with Gasteiger partial charge in [-0.1, -0.05) is 24.9 Å². The summed E-state index contributed by atoms with van der Waals surface area (Å²) in [6, 6.07) is 3.43. The molecule has 0 bridgehead atoms. The van der Waals surface area contributed by atoms with Crippen LogP contribution >= 0.6 is 11.6 Å². The first-order chi connectivity index (χ1) is 12.7. The fraction of sp³-hybridized carbons (Fsp3) is 0.588. The van der Waals surface area contributed by atoms with Gasteiger partial charge in [0, 0.05) is 19.3 Å². The van der Waals surface area contributed by atoms with Crippen LogP contribution in [-0.2, 0) is 17.9 Å². The number of aromatic nitrogens is 5. The highest BCUT2D eigenvalue weighted by molar-refractivity contribution is 6.30. The van der Waals surface area contributed by atoms with Crippen molar-refractivity contribution < 1.29 is 4.79 Å². The number of unbranched alkanes of at least 4 members (excludes halogenated alkanes) is 1. The van der Waals surface area contributed by atoms with Crippen molar-refractivity contribution >= 4 is 23.3 Å². The predicted molar refractivity (Wildman–Crippen MR) is 98.6 cm³/mol. The van der Waals surface area contributed by atoms with E-state index in [1.807, 2.05) is 4.68 Å². The molecule has 2 aromatic heterocycles. The molecule has 1 unspecified atom stereocenters. The van der Waals surface area contributed by atoms with Gasteiger partial charge in [0.15, 0.2) is 5.82 Å². The first-order valence-corrected chi connectivity index (χ1v) is 9.43. The molecular formula is C17H24ClN7O. The topological polar surface area (TPSA) is 88.8 Å². The van der Waals surface area contributed by atoms with Crippen LogP contribution < -0.4 is 5.32 Å². The number of nitrogens with one attached hydrogen (secondary N) is 1. The number of piperidine rings is 1. The minimum absolute atomic E-state index is 0.00454. The zero-order chi connectivity index (χ0) is 18.4. The summed E-state index contributed by atoms with van der Waals surface area (Å²) in [6.45, 7) is 5.29. The average molecular weight is 378 g/mol. The molecular weight excluding hydrogens is 354 g/mol. The fourth-order valence-electron chi connectivity index (χ4n) is 3.11. The van der Waals surface area contributed by atoms with Gasteiger partial charge < -0.3 is 5.32 Å². The number of likely N-dealkylation sites (tertiary alicyclic amines) is 1. The van der Waals surface area contributed by atoms with Crippen LogP contribution in [-0.4, -0.2) is 49.1 Å². The molecule has 9 heteroatoms. The lowest BCUT2D eigenvalue weighted by atomic mass is 9.97. The van der Waals surface area contributed by atoms with Crippen LogP contribution in [0.4, 0.5) is 5.82 Å². The second-order valence-electron chi connectivity index (χ2n) is 6.60. The van der Waals surface area contributed by atoms with Crippen molar-refractivity contribution in [1.29, 1.82) is 0 Å². The molecule has 0 aliphatic carbocycles. The average Bonchev–Trinajstić information content (AvgIpc) is 3.09. The Morgan fingerprint density at radius 3 is 3.08 bits per heavy atom. The summed E-state index contributed by atoms with van der Waals surface area (Å²) in [7, 11) is 0. The molecule has 0 saturated carbocycles. The molecule has 1 aliphatic rings. The van der Waals surface area contributed by atoms with E-state index in [0.29, 0.717) is 23.9 Å². The minimum atomic E-state index is -0.0683. The van der Waals surface area contributed by atoms with Gasteiger partial charge in [-0.05, 0) is 48.4 Å². The number of carbonyl (C=O) groups is 1. The fourth-order valence-corrected chi connectivity index (χ4v) is 3.22. The van der Waals surface area contributed by atoms with Gasteiger partial charge in [-0.2, -0.15) is 0 Å². The number of nitrogens with zero attached hydrogens (tertiary/aromatic N) is 6. The Morgan fingerprint density at radius 1 is 1.42 bits per heavy atom. The molecule has 1 amide bonds. The molecule has 1 aliphatic heterocycles. The van der Waals surface area contributed by atoms with E-state index in [2.05, 4.69) is 37.6 Å². The molecule has 2 aromatic rings. The Morgan fingerprint density at radius 2 is 2.31 bits per heavy atom. The van der Waals surface area contributed by atoms with Crippen LogP contribution in [0, 0.1) is 5.92 Å². The van der Waals surface area contributed by atoms with E-state index < -0.39 is 0 Å². The summed E-state index contributed by atoms with van der Waals surface area (Å²) in [5.41, 5.74) is 0. The monoisotopic (exact) mass is 377 g/mol. The maximum Gasteiger partial charge on any atom is 0.229 e. The third-order valence-corrected chi connectivity index (χ3v) is 4.77. The van der Waals surface area contributed by atoms with E-state index in [4.69, 9.17) is 11.6 Å². The van der Waals surface area contributed by atoms with Gasteiger partial charge in [-0.3, -0.25) is 9.69 Å². The molecule has 0 spiro atoms. The standard InChI is InChI=1S/C17H24ClN7O/c1-2-3-9-25-16(21-22-23-25)12-24-8-4-5-13(11-24)17(26)20-15-7-6-14(18)10-19-15/h6-7,10,13H,2-5,8-9,11-12H2,1H3,(H,19,20,26). The molecule has 3 rings (SSSR count). The largest absolute Gasteiger partial charge is 0.310 e. The Bertz CT molecular complexity index is 718. The van der Waals surface area contributed by atoms with Crippen LogP contribution in [0.15, 0.2) is 18.3 Å². The zero-order valence-corrected chi connectivity index (χ0v) is 15.7. The summed E-state index contributed by atoms with van der Waals surface area (Å²) >= 11 is 5.83. The molecule has 0 aromatic carbocycles. The van der Waals surface area contributed by atoms with Gasteiger partial charge >= 0.3 is 0 Å². The summed E-state index contributed by atoms with van der Waals surface area (Å²) < 4.78 is 1.87. The number of anilines is 1. The van der Waals surface area contributed by atoms with E-state index >= 15 is 0 Å². The van der Waals surface area contributed by atoms with Crippen molar-refractivity contribution in [3.63, 3.8) is 0 Å². The SMILES string of the molecule is CCCCn1nnnc1CN1CCCC(C(=O)Nc2ccc(Cl)cn2)C1. The van der Waals surface area contributed by atoms with Crippen molar-refractivity contribution in [2.24, 2.45) is 5.92 Å². The van der Waals surface area contributed by atoms with Crippen LogP contribution in [0.2, 0.25) is 5.02 Å². The Kier molecular flexibility index (Phi) is 6.51. The Hall–Kier alpha value is -2.06. The number of hydrogen-bond donors (Lipinski definition) is 1. The van der Waals surface area contributed by atoms with Gasteiger partial charge in [-0.25, -0.2) is 9.67 Å². The third-order valence-electron chi connectivity index (χ3n) is 4.55. The number of carbonyl (C=O) groups excluding carboxylic acids is 1. The number of rotatable bonds is 7.